The molecular weight excluding hydrogens is 527 g/mol. The lowest BCUT2D eigenvalue weighted by Gasteiger charge is -2.15. The molecule has 0 aliphatic heterocycles. The van der Waals surface area contributed by atoms with Gasteiger partial charge in [0.25, 0.3) is 11.6 Å². The number of amides is 1. The zero-order valence-electron chi connectivity index (χ0n) is 19.7. The molecule has 0 heterocycles. The molecule has 8 nitrogen and oxygen atoms in total. The SMILES string of the molecule is CCOc1cc(C=C(C#N)C(=O)Nc2cccc(C(F)(F)F)c2)cc(Cl)c1OCc1ccc([N+](=O)[O-])cc1. The zero-order valence-corrected chi connectivity index (χ0v) is 20.5. The molecule has 3 aromatic carbocycles. The summed E-state index contributed by atoms with van der Waals surface area (Å²) in [6, 6.07) is 14.4. The van der Waals surface area contributed by atoms with Gasteiger partial charge in [-0.25, -0.2) is 0 Å². The number of nitrogens with one attached hydrogen (secondary N) is 1. The van der Waals surface area contributed by atoms with Crippen LogP contribution in [0.4, 0.5) is 24.5 Å². The number of halogens is 4. The second-order valence-electron chi connectivity index (χ2n) is 7.68. The first-order chi connectivity index (χ1) is 18.0. The van der Waals surface area contributed by atoms with Crippen molar-refractivity contribution in [3.8, 4) is 17.6 Å². The Morgan fingerprint density at radius 1 is 1.16 bits per heavy atom. The van der Waals surface area contributed by atoms with Gasteiger partial charge in [-0.05, 0) is 66.6 Å². The maximum Gasteiger partial charge on any atom is 0.416 e. The number of nitrogens with zero attached hydrogens (tertiary/aromatic N) is 2. The second-order valence-corrected chi connectivity index (χ2v) is 8.08. The predicted octanol–water partition coefficient (Wildman–Crippen LogP) is 6.79. The molecule has 196 valence electrons. The van der Waals surface area contributed by atoms with Crippen LogP contribution in [0.1, 0.15) is 23.6 Å². The lowest BCUT2D eigenvalue weighted by Crippen LogP contribution is -2.14. The molecule has 0 fully saturated rings. The number of nitro benzene ring substituents is 1. The monoisotopic (exact) mass is 545 g/mol. The Morgan fingerprint density at radius 2 is 1.87 bits per heavy atom. The van der Waals surface area contributed by atoms with Gasteiger partial charge in [-0.2, -0.15) is 18.4 Å². The van der Waals surface area contributed by atoms with E-state index in [0.29, 0.717) is 11.1 Å². The average molecular weight is 546 g/mol. The molecule has 38 heavy (non-hydrogen) atoms. The van der Waals surface area contributed by atoms with Gasteiger partial charge in [0.05, 0.1) is 22.1 Å². The molecule has 0 saturated carbocycles. The van der Waals surface area contributed by atoms with Crippen LogP contribution in [0.5, 0.6) is 11.5 Å². The first kappa shape index (κ1) is 28.0. The van der Waals surface area contributed by atoms with Crippen molar-refractivity contribution in [2.45, 2.75) is 19.7 Å². The van der Waals surface area contributed by atoms with E-state index < -0.39 is 22.6 Å². The highest BCUT2D eigenvalue weighted by molar-refractivity contribution is 6.32. The molecule has 0 unspecified atom stereocenters. The number of nitriles is 1. The molecule has 0 aliphatic carbocycles. The quantitative estimate of drug-likeness (QED) is 0.137. The van der Waals surface area contributed by atoms with Gasteiger partial charge in [-0.1, -0.05) is 17.7 Å². The fourth-order valence-corrected chi connectivity index (χ4v) is 3.50. The van der Waals surface area contributed by atoms with Gasteiger partial charge in [0.1, 0.15) is 18.2 Å². The van der Waals surface area contributed by atoms with Crippen LogP contribution in [0.2, 0.25) is 5.02 Å². The van der Waals surface area contributed by atoms with E-state index in [9.17, 15) is 33.3 Å². The lowest BCUT2D eigenvalue weighted by molar-refractivity contribution is -0.384. The summed E-state index contributed by atoms with van der Waals surface area (Å²) in [5, 5.41) is 22.7. The molecule has 0 atom stereocenters. The van der Waals surface area contributed by atoms with Crippen LogP contribution in [0.15, 0.2) is 66.2 Å². The molecule has 0 aliphatic rings. The summed E-state index contributed by atoms with van der Waals surface area (Å²) >= 11 is 6.39. The number of non-ortho nitro benzene ring substituents is 1. The third-order valence-corrected chi connectivity index (χ3v) is 5.27. The van der Waals surface area contributed by atoms with Crippen molar-refractivity contribution in [2.75, 3.05) is 11.9 Å². The van der Waals surface area contributed by atoms with Crippen molar-refractivity contribution >= 4 is 35.0 Å². The molecule has 1 amide bonds. The minimum Gasteiger partial charge on any atom is -0.490 e. The molecule has 0 bridgehead atoms. The van der Waals surface area contributed by atoms with E-state index in [2.05, 4.69) is 5.32 Å². The minimum atomic E-state index is -4.59. The Kier molecular flexibility index (Phi) is 8.94. The summed E-state index contributed by atoms with van der Waals surface area (Å²) in [4.78, 5) is 22.9. The normalized spacial score (nSPS) is 11.4. The van der Waals surface area contributed by atoms with E-state index in [1.165, 1.54) is 48.5 Å². The smallest absolute Gasteiger partial charge is 0.416 e. The summed E-state index contributed by atoms with van der Waals surface area (Å²) in [6.07, 6.45) is -3.39. The molecule has 1 N–H and O–H groups in total. The topological polar surface area (TPSA) is 114 Å². The Morgan fingerprint density at radius 3 is 2.47 bits per heavy atom. The number of benzene rings is 3. The maximum atomic E-state index is 12.9. The molecule has 3 rings (SSSR count). The summed E-state index contributed by atoms with van der Waals surface area (Å²) in [6.45, 7) is 1.98. The highest BCUT2D eigenvalue weighted by Crippen LogP contribution is 2.38. The second kappa shape index (κ2) is 12.1. The van der Waals surface area contributed by atoms with Gasteiger partial charge in [-0.15, -0.1) is 0 Å². The molecule has 0 spiro atoms. The van der Waals surface area contributed by atoms with Crippen molar-refractivity contribution in [3.63, 3.8) is 0 Å². The molecule has 3 aromatic rings. The van der Waals surface area contributed by atoms with Gasteiger partial charge in [0.15, 0.2) is 11.5 Å². The van der Waals surface area contributed by atoms with Crippen LogP contribution >= 0.6 is 11.6 Å². The van der Waals surface area contributed by atoms with Crippen LogP contribution < -0.4 is 14.8 Å². The third-order valence-electron chi connectivity index (χ3n) is 4.99. The number of ether oxygens (including phenoxy) is 2. The van der Waals surface area contributed by atoms with Gasteiger partial charge < -0.3 is 14.8 Å². The van der Waals surface area contributed by atoms with E-state index in [4.69, 9.17) is 21.1 Å². The summed E-state index contributed by atoms with van der Waals surface area (Å²) in [7, 11) is 0. The van der Waals surface area contributed by atoms with Crippen LogP contribution in [0.25, 0.3) is 6.08 Å². The summed E-state index contributed by atoms with van der Waals surface area (Å²) in [5.74, 6) is -0.529. The largest absolute Gasteiger partial charge is 0.490 e. The Bertz CT molecular complexity index is 1420. The van der Waals surface area contributed by atoms with Crippen LogP contribution in [0.3, 0.4) is 0 Å². The number of alkyl halides is 3. The van der Waals surface area contributed by atoms with E-state index in [-0.39, 0.29) is 46.7 Å². The van der Waals surface area contributed by atoms with Gasteiger partial charge in [-0.3, -0.25) is 14.9 Å². The van der Waals surface area contributed by atoms with Crippen molar-refractivity contribution < 1.29 is 32.4 Å². The predicted molar refractivity (Wildman–Crippen MR) is 134 cm³/mol. The highest BCUT2D eigenvalue weighted by atomic mass is 35.5. The first-order valence-corrected chi connectivity index (χ1v) is 11.3. The number of hydrogen-bond acceptors (Lipinski definition) is 6. The van der Waals surface area contributed by atoms with Crippen LogP contribution in [0, 0.1) is 21.4 Å². The molecule has 0 aromatic heterocycles. The maximum absolute atomic E-state index is 12.9. The summed E-state index contributed by atoms with van der Waals surface area (Å²) < 4.78 is 50.2. The minimum absolute atomic E-state index is 0.0236. The molecule has 12 heteroatoms. The number of anilines is 1. The third kappa shape index (κ3) is 7.24. The number of hydrogen-bond donors (Lipinski definition) is 1. The first-order valence-electron chi connectivity index (χ1n) is 10.9. The van der Waals surface area contributed by atoms with Crippen LogP contribution in [-0.4, -0.2) is 17.4 Å². The number of carbonyl (C=O) groups excluding carboxylic acids is 1. The van der Waals surface area contributed by atoms with E-state index in [1.807, 2.05) is 0 Å². The highest BCUT2D eigenvalue weighted by Gasteiger charge is 2.30. The Labute approximate surface area is 220 Å². The van der Waals surface area contributed by atoms with Crippen molar-refractivity contribution in [1.29, 1.82) is 5.26 Å². The van der Waals surface area contributed by atoms with Crippen molar-refractivity contribution in [2.24, 2.45) is 0 Å². The van der Waals surface area contributed by atoms with Crippen molar-refractivity contribution in [3.05, 3.63) is 98.1 Å². The lowest BCUT2D eigenvalue weighted by atomic mass is 10.1. The fraction of sp³-hybridized carbons (Fsp3) is 0.154. The molecule has 0 radical (unpaired) electrons. The fourth-order valence-electron chi connectivity index (χ4n) is 3.23. The van der Waals surface area contributed by atoms with E-state index in [0.717, 1.165) is 18.2 Å². The Balaban J connectivity index is 1.82. The van der Waals surface area contributed by atoms with Gasteiger partial charge >= 0.3 is 6.18 Å². The van der Waals surface area contributed by atoms with Gasteiger partial charge in [0, 0.05) is 17.8 Å². The average Bonchev–Trinajstić information content (AvgIpc) is 2.86. The zero-order chi connectivity index (χ0) is 27.9. The van der Waals surface area contributed by atoms with Crippen molar-refractivity contribution in [1.82, 2.24) is 0 Å². The molecular formula is C26H19ClF3N3O5. The van der Waals surface area contributed by atoms with E-state index >= 15 is 0 Å². The number of carbonyl (C=O) groups is 1. The standard InChI is InChI=1S/C26H19ClF3N3O5/c1-2-37-23-12-17(11-22(27)24(23)38-15-16-6-8-21(9-7-16)33(35)36)10-18(14-31)25(34)32-20-5-3-4-19(13-20)26(28,29)30/h3-13H,2,15H2,1H3,(H,32,34). The number of rotatable bonds is 9. The Hall–Kier alpha value is -4.56. The van der Waals surface area contributed by atoms with Crippen LogP contribution in [-0.2, 0) is 17.6 Å². The number of nitro groups is 1. The molecule has 0 saturated heterocycles. The summed E-state index contributed by atoms with van der Waals surface area (Å²) in [5.41, 5.74) is -0.596. The van der Waals surface area contributed by atoms with E-state index in [1.54, 1.807) is 13.0 Å². The van der Waals surface area contributed by atoms with Gasteiger partial charge in [0.2, 0.25) is 0 Å².